The second-order valence-corrected chi connectivity index (χ2v) is 8.13. The lowest BCUT2D eigenvalue weighted by Gasteiger charge is -2.10. The predicted molar refractivity (Wildman–Crippen MR) is 123 cm³/mol. The Labute approximate surface area is 197 Å². The van der Waals surface area contributed by atoms with E-state index in [1.807, 2.05) is 30.3 Å². The van der Waals surface area contributed by atoms with Crippen LogP contribution < -0.4 is 5.73 Å². The molecule has 11 heteroatoms. The normalized spacial score (nSPS) is 10.8. The van der Waals surface area contributed by atoms with Gasteiger partial charge in [-0.2, -0.15) is 0 Å². The number of aromatic nitrogens is 2. The molecule has 0 fully saturated rings. The molecule has 0 unspecified atom stereocenters. The Morgan fingerprint density at radius 2 is 1.76 bits per heavy atom. The fourth-order valence-corrected chi connectivity index (χ4v) is 4.41. The minimum absolute atomic E-state index is 0.0409. The quantitative estimate of drug-likeness (QED) is 0.319. The van der Waals surface area contributed by atoms with Gasteiger partial charge in [0.05, 0.1) is 36.6 Å². The summed E-state index contributed by atoms with van der Waals surface area (Å²) >= 11 is 0.847. The maximum absolute atomic E-state index is 13.2. The molecule has 0 saturated heterocycles. The van der Waals surface area contributed by atoms with Gasteiger partial charge in [0.15, 0.2) is 0 Å². The van der Waals surface area contributed by atoms with Crippen molar-refractivity contribution >= 4 is 45.3 Å². The Morgan fingerprint density at radius 1 is 1.06 bits per heavy atom. The fourth-order valence-electron chi connectivity index (χ4n) is 3.43. The molecule has 0 atom stereocenters. The van der Waals surface area contributed by atoms with Crippen LogP contribution in [0.2, 0.25) is 0 Å². The van der Waals surface area contributed by atoms with Crippen LogP contribution in [0, 0.1) is 6.92 Å². The number of methoxy groups -OCH3 is 2. The van der Waals surface area contributed by atoms with E-state index in [4.69, 9.17) is 24.5 Å². The van der Waals surface area contributed by atoms with Crippen molar-refractivity contribution in [2.45, 2.75) is 13.5 Å². The molecule has 1 aromatic carbocycles. The van der Waals surface area contributed by atoms with Gasteiger partial charge in [0.1, 0.15) is 22.0 Å². The number of esters is 3. The van der Waals surface area contributed by atoms with Gasteiger partial charge >= 0.3 is 17.9 Å². The van der Waals surface area contributed by atoms with Crippen molar-refractivity contribution in [3.63, 3.8) is 0 Å². The molecule has 4 aromatic rings. The molecule has 0 aliphatic rings. The lowest BCUT2D eigenvalue weighted by Crippen LogP contribution is -2.13. The lowest BCUT2D eigenvalue weighted by atomic mass is 10.1. The van der Waals surface area contributed by atoms with Crippen LogP contribution in [0.25, 0.3) is 22.4 Å². The maximum Gasteiger partial charge on any atom is 0.348 e. The van der Waals surface area contributed by atoms with Crippen molar-refractivity contribution in [1.29, 1.82) is 0 Å². The molecule has 0 bridgehead atoms. The lowest BCUT2D eigenvalue weighted by molar-refractivity contribution is 0.0454. The zero-order valence-electron chi connectivity index (χ0n) is 18.4. The minimum Gasteiger partial charge on any atom is -0.465 e. The highest BCUT2D eigenvalue weighted by molar-refractivity contribution is 7.18. The summed E-state index contributed by atoms with van der Waals surface area (Å²) in [7, 11) is 2.37. The Bertz CT molecular complexity index is 1410. The molecular weight excluding hydrogens is 462 g/mol. The zero-order valence-corrected chi connectivity index (χ0v) is 19.2. The third-order valence-corrected chi connectivity index (χ3v) is 6.09. The summed E-state index contributed by atoms with van der Waals surface area (Å²) in [5, 5.41) is 4.36. The number of hydrogen-bond acceptors (Lipinski definition) is 11. The Kier molecular flexibility index (Phi) is 6.28. The van der Waals surface area contributed by atoms with Crippen molar-refractivity contribution in [2.24, 2.45) is 0 Å². The first-order valence-corrected chi connectivity index (χ1v) is 10.7. The fraction of sp³-hybridized carbons (Fsp3) is 0.174. The van der Waals surface area contributed by atoms with E-state index >= 15 is 0 Å². The van der Waals surface area contributed by atoms with Crippen LogP contribution in [0.1, 0.15) is 41.6 Å². The Balaban J connectivity index is 1.73. The highest BCUT2D eigenvalue weighted by atomic mass is 32.1. The first-order chi connectivity index (χ1) is 16.3. The average Bonchev–Trinajstić information content (AvgIpc) is 3.40. The molecule has 10 nitrogen and oxygen atoms in total. The average molecular weight is 481 g/mol. The van der Waals surface area contributed by atoms with Gasteiger partial charge in [0.25, 0.3) is 5.71 Å². The van der Waals surface area contributed by atoms with E-state index in [0.29, 0.717) is 16.8 Å². The molecule has 2 N–H and O–H groups in total. The van der Waals surface area contributed by atoms with Gasteiger partial charge in [0.2, 0.25) is 0 Å². The molecular formula is C23H19N3O7S. The molecule has 0 radical (unpaired) electrons. The number of aryl methyl sites for hydroxylation is 1. The summed E-state index contributed by atoms with van der Waals surface area (Å²) < 4.78 is 20.4. The van der Waals surface area contributed by atoms with Crippen molar-refractivity contribution in [3.05, 3.63) is 63.7 Å². The SMILES string of the molecule is COC(=O)c1sc(N)c(C(=O)OC)c1COC(=O)c1cc(-c2ccccc2)nc2onc(C)c12. The van der Waals surface area contributed by atoms with Crippen molar-refractivity contribution in [2.75, 3.05) is 20.0 Å². The first kappa shape index (κ1) is 22.9. The molecule has 4 rings (SSSR count). The number of fused-ring (bicyclic) bond motifs is 1. The number of pyridine rings is 1. The number of benzene rings is 1. The molecule has 0 spiro atoms. The van der Waals surface area contributed by atoms with Crippen LogP contribution >= 0.6 is 11.3 Å². The highest BCUT2D eigenvalue weighted by Crippen LogP contribution is 2.34. The second-order valence-electron chi connectivity index (χ2n) is 7.08. The van der Waals surface area contributed by atoms with Crippen LogP contribution in [0.5, 0.6) is 0 Å². The minimum atomic E-state index is -0.762. The maximum atomic E-state index is 13.2. The number of hydrogen-bond donors (Lipinski definition) is 1. The van der Waals surface area contributed by atoms with Crippen LogP contribution in [0.3, 0.4) is 0 Å². The number of thiophene rings is 1. The standard InChI is InChI=1S/C23H19N3O7S/c1-11-16-13(9-15(25-20(16)33-26-11)12-7-5-4-6-8-12)21(27)32-10-14-17(22(28)30-2)19(24)34-18(14)23(29)31-3/h4-9H,10,24H2,1-3H3. The number of carbonyl (C=O) groups is 3. The summed E-state index contributed by atoms with van der Waals surface area (Å²) in [6.45, 7) is 1.26. The third kappa shape index (κ3) is 4.08. The van der Waals surface area contributed by atoms with Crippen LogP contribution in [-0.2, 0) is 20.8 Å². The summed E-state index contributed by atoms with van der Waals surface area (Å²) in [4.78, 5) is 42.2. The van der Waals surface area contributed by atoms with Gasteiger partial charge < -0.3 is 24.5 Å². The Hall–Kier alpha value is -4.25. The van der Waals surface area contributed by atoms with Crippen LogP contribution in [0.4, 0.5) is 5.00 Å². The molecule has 3 heterocycles. The summed E-state index contributed by atoms with van der Waals surface area (Å²) in [6, 6.07) is 10.8. The summed E-state index contributed by atoms with van der Waals surface area (Å²) in [6.07, 6.45) is 0. The first-order valence-electron chi connectivity index (χ1n) is 9.93. The monoisotopic (exact) mass is 481 g/mol. The molecule has 0 saturated carbocycles. The number of carbonyl (C=O) groups excluding carboxylic acids is 3. The van der Waals surface area contributed by atoms with E-state index in [0.717, 1.165) is 16.9 Å². The topological polar surface area (TPSA) is 144 Å². The third-order valence-electron chi connectivity index (χ3n) is 5.05. The number of rotatable bonds is 6. The van der Waals surface area contributed by atoms with Gasteiger partial charge in [-0.25, -0.2) is 19.4 Å². The molecule has 0 amide bonds. The molecule has 174 valence electrons. The van der Waals surface area contributed by atoms with Crippen molar-refractivity contribution in [1.82, 2.24) is 10.1 Å². The van der Waals surface area contributed by atoms with E-state index in [2.05, 4.69) is 10.1 Å². The molecule has 34 heavy (non-hydrogen) atoms. The van der Waals surface area contributed by atoms with Crippen molar-refractivity contribution in [3.8, 4) is 11.3 Å². The Morgan fingerprint density at radius 3 is 2.44 bits per heavy atom. The van der Waals surface area contributed by atoms with Crippen LogP contribution in [0.15, 0.2) is 40.9 Å². The summed E-state index contributed by atoms with van der Waals surface area (Å²) in [5.74, 6) is -2.21. The second kappa shape index (κ2) is 9.32. The molecule has 3 aromatic heterocycles. The van der Waals surface area contributed by atoms with E-state index < -0.39 is 24.5 Å². The number of ether oxygens (including phenoxy) is 3. The number of anilines is 1. The van der Waals surface area contributed by atoms with Gasteiger partial charge in [-0.3, -0.25) is 0 Å². The van der Waals surface area contributed by atoms with E-state index in [-0.39, 0.29) is 32.3 Å². The predicted octanol–water partition coefficient (Wildman–Crippen LogP) is 3.77. The molecule has 0 aliphatic heterocycles. The van der Waals surface area contributed by atoms with Crippen LogP contribution in [-0.4, -0.2) is 42.3 Å². The van der Waals surface area contributed by atoms with Gasteiger partial charge in [0, 0.05) is 11.1 Å². The van der Waals surface area contributed by atoms with E-state index in [1.165, 1.54) is 14.2 Å². The smallest absolute Gasteiger partial charge is 0.348 e. The number of nitrogens with two attached hydrogens (primary N) is 1. The number of nitrogens with zero attached hydrogens (tertiary/aromatic N) is 2. The largest absolute Gasteiger partial charge is 0.465 e. The van der Waals surface area contributed by atoms with E-state index in [1.54, 1.807) is 13.0 Å². The van der Waals surface area contributed by atoms with Gasteiger partial charge in [-0.15, -0.1) is 11.3 Å². The van der Waals surface area contributed by atoms with Crippen molar-refractivity contribution < 1.29 is 33.1 Å². The van der Waals surface area contributed by atoms with Gasteiger partial charge in [-0.05, 0) is 13.0 Å². The van der Waals surface area contributed by atoms with Gasteiger partial charge in [-0.1, -0.05) is 35.5 Å². The zero-order chi connectivity index (χ0) is 24.4. The van der Waals surface area contributed by atoms with E-state index in [9.17, 15) is 14.4 Å². The molecule has 0 aliphatic carbocycles. The number of nitrogen functional groups attached to an aromatic ring is 1. The summed E-state index contributed by atoms with van der Waals surface area (Å²) in [5.41, 5.74) is 8.04. The highest BCUT2D eigenvalue weighted by Gasteiger charge is 2.29.